The smallest absolute Gasteiger partial charge is 0.140 e. The summed E-state index contributed by atoms with van der Waals surface area (Å²) in [7, 11) is 0. The minimum Gasteiger partial charge on any atom is -0.333 e. The summed E-state index contributed by atoms with van der Waals surface area (Å²) in [6, 6.07) is 57.3. The molecule has 4 heterocycles. The van der Waals surface area contributed by atoms with Crippen LogP contribution in [0.25, 0.3) is 66.4 Å². The normalized spacial score (nSPS) is 16.4. The highest BCUT2D eigenvalue weighted by atomic mass is 15.2. The van der Waals surface area contributed by atoms with Gasteiger partial charge in [0, 0.05) is 50.5 Å². The van der Waals surface area contributed by atoms with E-state index in [1.807, 2.05) is 0 Å². The lowest BCUT2D eigenvalue weighted by Crippen LogP contribution is -2.28. The lowest BCUT2D eigenvalue weighted by molar-refractivity contribution is 0.745. The summed E-state index contributed by atoms with van der Waals surface area (Å²) in [5.41, 5.74) is 11.6. The zero-order chi connectivity index (χ0) is 33.5. The first-order valence-electron chi connectivity index (χ1n) is 17.6. The number of benzene rings is 6. The van der Waals surface area contributed by atoms with Gasteiger partial charge in [0.1, 0.15) is 5.82 Å². The molecule has 0 amide bonds. The highest BCUT2D eigenvalue weighted by molar-refractivity contribution is 6.10. The predicted molar refractivity (Wildman–Crippen MR) is 212 cm³/mol. The van der Waals surface area contributed by atoms with E-state index in [0.29, 0.717) is 5.92 Å². The summed E-state index contributed by atoms with van der Waals surface area (Å²) in [4.78, 5) is 7.94. The summed E-state index contributed by atoms with van der Waals surface area (Å²) in [6.07, 6.45) is 9.01. The zero-order valence-corrected chi connectivity index (χ0v) is 27.8. The minimum absolute atomic E-state index is 0.261. The summed E-state index contributed by atoms with van der Waals surface area (Å²) in [5.74, 6) is 1.24. The van der Waals surface area contributed by atoms with Crippen LogP contribution in [0.2, 0.25) is 0 Å². The van der Waals surface area contributed by atoms with Gasteiger partial charge in [-0.25, -0.2) is 4.98 Å². The van der Waals surface area contributed by atoms with Crippen molar-refractivity contribution in [1.29, 1.82) is 0 Å². The largest absolute Gasteiger partial charge is 0.333 e. The number of rotatable bonds is 4. The van der Waals surface area contributed by atoms with Crippen molar-refractivity contribution in [3.05, 3.63) is 188 Å². The molecule has 0 saturated heterocycles. The average Bonchev–Trinajstić information content (AvgIpc) is 3.84. The van der Waals surface area contributed by atoms with Crippen LogP contribution in [0, 0.1) is 0 Å². The number of anilines is 2. The van der Waals surface area contributed by atoms with E-state index in [0.717, 1.165) is 33.8 Å². The lowest BCUT2D eigenvalue weighted by Gasteiger charge is -2.28. The molecule has 0 saturated carbocycles. The monoisotopic (exact) mass is 652 g/mol. The molecule has 1 aliphatic heterocycles. The van der Waals surface area contributed by atoms with E-state index in [2.05, 4.69) is 196 Å². The Kier molecular flexibility index (Phi) is 6.05. The molecule has 1 aliphatic carbocycles. The van der Waals surface area contributed by atoms with E-state index in [1.54, 1.807) is 0 Å². The Morgan fingerprint density at radius 1 is 0.451 bits per heavy atom. The number of nitrogens with zero attached hydrogens (tertiary/aromatic N) is 4. The number of pyridine rings is 1. The fourth-order valence-corrected chi connectivity index (χ4v) is 8.65. The maximum Gasteiger partial charge on any atom is 0.140 e. The van der Waals surface area contributed by atoms with Gasteiger partial charge in [-0.1, -0.05) is 127 Å². The number of allylic oxidation sites excluding steroid dienone is 2. The van der Waals surface area contributed by atoms with Gasteiger partial charge in [-0.15, -0.1) is 0 Å². The fourth-order valence-electron chi connectivity index (χ4n) is 8.65. The van der Waals surface area contributed by atoms with Gasteiger partial charge in [0.05, 0.1) is 39.5 Å². The molecule has 9 aromatic rings. The summed E-state index contributed by atoms with van der Waals surface area (Å²) < 4.78 is 4.72. The molecule has 0 bridgehead atoms. The van der Waals surface area contributed by atoms with Gasteiger partial charge >= 0.3 is 0 Å². The van der Waals surface area contributed by atoms with Crippen molar-refractivity contribution in [1.82, 2.24) is 14.1 Å². The molecule has 0 spiro atoms. The van der Waals surface area contributed by atoms with E-state index in [9.17, 15) is 0 Å². The Labute approximate surface area is 295 Å². The molecule has 2 atom stereocenters. The Morgan fingerprint density at radius 2 is 0.980 bits per heavy atom. The van der Waals surface area contributed by atoms with Gasteiger partial charge in [-0.2, -0.15) is 0 Å². The lowest BCUT2D eigenvalue weighted by atomic mass is 9.91. The van der Waals surface area contributed by atoms with E-state index >= 15 is 0 Å². The van der Waals surface area contributed by atoms with Crippen LogP contribution in [0.1, 0.15) is 11.5 Å². The molecule has 51 heavy (non-hydrogen) atoms. The molecule has 4 heteroatoms. The van der Waals surface area contributed by atoms with E-state index in [-0.39, 0.29) is 6.04 Å². The van der Waals surface area contributed by atoms with Crippen molar-refractivity contribution in [3.8, 4) is 22.8 Å². The molecule has 4 nitrogen and oxygen atoms in total. The van der Waals surface area contributed by atoms with Crippen molar-refractivity contribution in [3.63, 3.8) is 0 Å². The molecule has 3 aromatic heterocycles. The molecule has 6 aromatic carbocycles. The van der Waals surface area contributed by atoms with Gasteiger partial charge in [-0.3, -0.25) is 4.57 Å². The van der Waals surface area contributed by atoms with Crippen LogP contribution < -0.4 is 4.90 Å². The van der Waals surface area contributed by atoms with Crippen molar-refractivity contribution >= 4 is 55.0 Å². The third kappa shape index (κ3) is 4.17. The van der Waals surface area contributed by atoms with Crippen LogP contribution in [0.15, 0.2) is 182 Å². The SMILES string of the molecule is C1=CC2c3ccccc3N(c3ccc(-c4cc(-n5c6ccccc6c6ccccc65)cc(-n5c6ccccc6c6ccccc65)n4)cc3)C2C=C1. The van der Waals surface area contributed by atoms with Gasteiger partial charge in [-0.05, 0) is 54.1 Å². The van der Waals surface area contributed by atoms with Crippen molar-refractivity contribution in [2.45, 2.75) is 12.0 Å². The van der Waals surface area contributed by atoms with E-state index in [1.165, 1.54) is 49.5 Å². The van der Waals surface area contributed by atoms with E-state index < -0.39 is 0 Å². The second kappa shape index (κ2) is 10.9. The zero-order valence-electron chi connectivity index (χ0n) is 27.8. The Morgan fingerprint density at radius 3 is 1.61 bits per heavy atom. The predicted octanol–water partition coefficient (Wildman–Crippen LogP) is 11.7. The topological polar surface area (TPSA) is 26.0 Å². The van der Waals surface area contributed by atoms with Crippen molar-refractivity contribution < 1.29 is 0 Å². The van der Waals surface area contributed by atoms with Crippen LogP contribution in [0.4, 0.5) is 11.4 Å². The number of aromatic nitrogens is 3. The number of fused-ring (bicyclic) bond motifs is 9. The molecular formula is C47H32N4. The standard InChI is InChI=1S/C47H32N4/c1-7-19-41-34(13-1)35-14-2-8-20-42(35)49(41)32-27-25-31(26-28-32)40-29-33(50-43-21-9-3-15-36(43)37-16-4-10-22-44(37)50)30-47(48-40)51-45-23-11-5-17-38(45)39-18-6-12-24-46(39)51/h1-30,34,41H. The first-order valence-corrected chi connectivity index (χ1v) is 17.6. The molecule has 0 N–H and O–H groups in total. The number of hydrogen-bond acceptors (Lipinski definition) is 2. The third-order valence-electron chi connectivity index (χ3n) is 10.8. The first-order chi connectivity index (χ1) is 25.3. The first kappa shape index (κ1) is 28.2. The Bertz CT molecular complexity index is 2650. The molecule has 240 valence electrons. The molecule has 2 aliphatic rings. The highest BCUT2D eigenvalue weighted by Gasteiger charge is 2.37. The Hall–Kier alpha value is -6.65. The van der Waals surface area contributed by atoms with Crippen LogP contribution in [0.3, 0.4) is 0 Å². The molecule has 0 radical (unpaired) electrons. The number of hydrogen-bond donors (Lipinski definition) is 0. The average molecular weight is 653 g/mol. The third-order valence-corrected chi connectivity index (χ3v) is 10.8. The quantitative estimate of drug-likeness (QED) is 0.189. The summed E-state index contributed by atoms with van der Waals surface area (Å²) in [5, 5.41) is 4.92. The summed E-state index contributed by atoms with van der Waals surface area (Å²) in [6.45, 7) is 0. The van der Waals surface area contributed by atoms with Gasteiger partial charge < -0.3 is 9.47 Å². The van der Waals surface area contributed by atoms with Crippen LogP contribution in [0.5, 0.6) is 0 Å². The van der Waals surface area contributed by atoms with Crippen molar-refractivity contribution in [2.24, 2.45) is 0 Å². The van der Waals surface area contributed by atoms with Crippen LogP contribution in [-0.4, -0.2) is 20.2 Å². The second-order valence-electron chi connectivity index (χ2n) is 13.6. The number of para-hydroxylation sites is 5. The molecule has 0 fully saturated rings. The van der Waals surface area contributed by atoms with Gasteiger partial charge in [0.2, 0.25) is 0 Å². The van der Waals surface area contributed by atoms with Gasteiger partial charge in [0.25, 0.3) is 0 Å². The Balaban J connectivity index is 1.13. The molecule has 2 unspecified atom stereocenters. The maximum absolute atomic E-state index is 5.46. The second-order valence-corrected chi connectivity index (χ2v) is 13.6. The van der Waals surface area contributed by atoms with E-state index in [4.69, 9.17) is 4.98 Å². The fraction of sp³-hybridized carbons (Fsp3) is 0.0426. The van der Waals surface area contributed by atoms with Crippen LogP contribution >= 0.6 is 0 Å². The molecule has 11 rings (SSSR count). The van der Waals surface area contributed by atoms with Crippen LogP contribution in [-0.2, 0) is 0 Å². The maximum atomic E-state index is 5.46. The minimum atomic E-state index is 0.261. The molecular weight excluding hydrogens is 621 g/mol. The highest BCUT2D eigenvalue weighted by Crippen LogP contribution is 2.47. The summed E-state index contributed by atoms with van der Waals surface area (Å²) >= 11 is 0. The van der Waals surface area contributed by atoms with Crippen molar-refractivity contribution in [2.75, 3.05) is 4.90 Å². The van der Waals surface area contributed by atoms with Gasteiger partial charge in [0.15, 0.2) is 0 Å².